The van der Waals surface area contributed by atoms with Crippen molar-refractivity contribution < 1.29 is 20.1 Å². The number of aromatic amines is 1. The maximum atomic E-state index is 12.0. The van der Waals surface area contributed by atoms with Crippen molar-refractivity contribution in [2.24, 2.45) is 0 Å². The van der Waals surface area contributed by atoms with Crippen molar-refractivity contribution in [3.63, 3.8) is 0 Å². The van der Waals surface area contributed by atoms with Crippen molar-refractivity contribution >= 4 is 0 Å². The third kappa shape index (κ3) is 9.57. The molecule has 5 N–H and O–H groups in total. The van der Waals surface area contributed by atoms with Gasteiger partial charge in [-0.25, -0.2) is 4.79 Å². The molecule has 0 aliphatic heterocycles. The van der Waals surface area contributed by atoms with Gasteiger partial charge in [0.25, 0.3) is 5.56 Å². The van der Waals surface area contributed by atoms with Crippen molar-refractivity contribution in [3.05, 3.63) is 92.3 Å². The number of aromatic hydroxyl groups is 1. The third-order valence-corrected chi connectivity index (χ3v) is 6.41. The summed E-state index contributed by atoms with van der Waals surface area (Å²) in [5.74, 6) is 0.0336. The Morgan fingerprint density at radius 1 is 0.947 bits per heavy atom. The summed E-state index contributed by atoms with van der Waals surface area (Å²) in [6.07, 6.45) is 7.90. The van der Waals surface area contributed by atoms with Crippen molar-refractivity contribution in [2.45, 2.75) is 57.7 Å². The Labute approximate surface area is 222 Å². The zero-order valence-electron chi connectivity index (χ0n) is 21.8. The number of rotatable bonds is 17. The molecule has 206 valence electrons. The van der Waals surface area contributed by atoms with Gasteiger partial charge in [0.1, 0.15) is 5.75 Å². The number of unbranched alkanes of at least 4 members (excludes halogenated alkanes) is 4. The van der Waals surface area contributed by atoms with Crippen LogP contribution in [0.2, 0.25) is 0 Å². The third-order valence-electron chi connectivity index (χ3n) is 6.41. The maximum absolute atomic E-state index is 12.0. The van der Waals surface area contributed by atoms with Crippen LogP contribution in [-0.4, -0.2) is 51.2 Å². The zero-order valence-corrected chi connectivity index (χ0v) is 21.8. The van der Waals surface area contributed by atoms with Gasteiger partial charge in [0.05, 0.1) is 18.4 Å². The van der Waals surface area contributed by atoms with Crippen molar-refractivity contribution in [2.75, 3.05) is 26.3 Å². The van der Waals surface area contributed by atoms with E-state index in [9.17, 15) is 24.9 Å². The monoisotopic (exact) mass is 525 g/mol. The molecule has 1 aromatic heterocycles. The normalized spacial score (nSPS) is 12.1. The number of aliphatic hydroxyl groups excluding tert-OH is 2. The van der Waals surface area contributed by atoms with Crippen LogP contribution in [0.4, 0.5) is 0 Å². The summed E-state index contributed by atoms with van der Waals surface area (Å²) in [6, 6.07) is 13.9. The molecule has 9 nitrogen and oxygen atoms in total. The van der Waals surface area contributed by atoms with Gasteiger partial charge < -0.3 is 25.4 Å². The fraction of sp³-hybridized carbons (Fsp3) is 0.448. The molecule has 38 heavy (non-hydrogen) atoms. The lowest BCUT2D eigenvalue weighted by molar-refractivity contribution is 0.126. The molecule has 2 aromatic carbocycles. The molecular weight excluding hydrogens is 486 g/mol. The summed E-state index contributed by atoms with van der Waals surface area (Å²) in [5.41, 5.74) is 2.11. The average molecular weight is 526 g/mol. The first kappa shape index (κ1) is 29.3. The summed E-state index contributed by atoms with van der Waals surface area (Å²) < 4.78 is 7.19. The number of aliphatic hydroxyl groups is 2. The minimum Gasteiger partial charge on any atom is -0.508 e. The smallest absolute Gasteiger partial charge is 0.332 e. The predicted molar refractivity (Wildman–Crippen MR) is 147 cm³/mol. The molecule has 0 unspecified atom stereocenters. The predicted octanol–water partition coefficient (Wildman–Crippen LogP) is 2.95. The molecule has 0 saturated heterocycles. The number of hydrogen-bond donors (Lipinski definition) is 5. The fourth-order valence-corrected chi connectivity index (χ4v) is 4.22. The van der Waals surface area contributed by atoms with E-state index in [1.807, 2.05) is 24.3 Å². The Morgan fingerprint density at radius 2 is 1.74 bits per heavy atom. The molecule has 0 saturated carbocycles. The largest absolute Gasteiger partial charge is 0.508 e. The first-order valence-corrected chi connectivity index (χ1v) is 13.3. The quantitative estimate of drug-likeness (QED) is 0.171. The van der Waals surface area contributed by atoms with E-state index in [1.165, 1.54) is 22.9 Å². The second kappa shape index (κ2) is 15.9. The minimum absolute atomic E-state index is 0.0336. The average Bonchev–Trinajstić information content (AvgIpc) is 2.91. The molecule has 9 heteroatoms. The summed E-state index contributed by atoms with van der Waals surface area (Å²) >= 11 is 0. The topological polar surface area (TPSA) is 137 Å². The van der Waals surface area contributed by atoms with Gasteiger partial charge in [-0.1, -0.05) is 31.0 Å². The van der Waals surface area contributed by atoms with Gasteiger partial charge >= 0.3 is 5.69 Å². The first-order valence-electron chi connectivity index (χ1n) is 13.3. The number of aromatic nitrogens is 2. The van der Waals surface area contributed by atoms with Gasteiger partial charge in [-0.15, -0.1) is 0 Å². The minimum atomic E-state index is -0.682. The molecule has 0 bridgehead atoms. The number of benzene rings is 2. The Hall–Kier alpha value is -3.24. The maximum Gasteiger partial charge on any atom is 0.332 e. The molecule has 0 spiro atoms. The van der Waals surface area contributed by atoms with Crippen molar-refractivity contribution in [1.82, 2.24) is 14.9 Å². The zero-order chi connectivity index (χ0) is 27.2. The second-order valence-electron chi connectivity index (χ2n) is 9.40. The van der Waals surface area contributed by atoms with Crippen LogP contribution in [0.5, 0.6) is 5.75 Å². The Balaban J connectivity index is 1.18. The van der Waals surface area contributed by atoms with Gasteiger partial charge in [-0.05, 0) is 74.0 Å². The summed E-state index contributed by atoms with van der Waals surface area (Å²) in [7, 11) is 0. The van der Waals surface area contributed by atoms with Crippen LogP contribution in [0.25, 0.3) is 5.69 Å². The number of nitrogens with one attached hydrogen (secondary N) is 2. The van der Waals surface area contributed by atoms with E-state index in [2.05, 4.69) is 10.3 Å². The SMILES string of the molecule is O=c1ccn(-c2cccc(CCCCOCCCCCCNC[C@@H](O)c3ccc(O)c(CO)c3)c2)c(=O)[nH]1. The van der Waals surface area contributed by atoms with E-state index in [4.69, 9.17) is 4.74 Å². The Morgan fingerprint density at radius 3 is 2.53 bits per heavy atom. The lowest BCUT2D eigenvalue weighted by atomic mass is 10.1. The van der Waals surface area contributed by atoms with Crippen molar-refractivity contribution in [1.29, 1.82) is 0 Å². The molecular formula is C29H39N3O6. The summed E-state index contributed by atoms with van der Waals surface area (Å²) in [4.78, 5) is 25.5. The van der Waals surface area contributed by atoms with Crippen LogP contribution >= 0.6 is 0 Å². The molecule has 0 fully saturated rings. The molecule has 1 atom stereocenters. The summed E-state index contributed by atoms with van der Waals surface area (Å²) in [5, 5.41) is 32.4. The number of ether oxygens (including phenoxy) is 1. The van der Waals surface area contributed by atoms with Gasteiger partial charge in [0.2, 0.25) is 0 Å². The molecule has 0 radical (unpaired) electrons. The van der Waals surface area contributed by atoms with Gasteiger partial charge in [0, 0.05) is 37.6 Å². The van der Waals surface area contributed by atoms with Gasteiger partial charge in [-0.3, -0.25) is 14.3 Å². The van der Waals surface area contributed by atoms with Crippen LogP contribution in [0.1, 0.15) is 61.3 Å². The number of H-pyrrole nitrogens is 1. The van der Waals surface area contributed by atoms with Crippen LogP contribution in [0.3, 0.4) is 0 Å². The Kier molecular flexibility index (Phi) is 12.3. The van der Waals surface area contributed by atoms with Crippen LogP contribution in [-0.2, 0) is 17.8 Å². The van der Waals surface area contributed by atoms with E-state index < -0.39 is 17.4 Å². The number of phenols is 1. The highest BCUT2D eigenvalue weighted by Crippen LogP contribution is 2.22. The van der Waals surface area contributed by atoms with E-state index in [1.54, 1.807) is 12.1 Å². The molecule has 0 aliphatic carbocycles. The second-order valence-corrected chi connectivity index (χ2v) is 9.40. The fourth-order valence-electron chi connectivity index (χ4n) is 4.22. The van der Waals surface area contributed by atoms with Crippen LogP contribution < -0.4 is 16.6 Å². The molecule has 0 aliphatic rings. The van der Waals surface area contributed by atoms with Gasteiger partial charge in [-0.2, -0.15) is 0 Å². The van der Waals surface area contributed by atoms with Crippen LogP contribution in [0, 0.1) is 0 Å². The van der Waals surface area contributed by atoms with Crippen molar-refractivity contribution in [3.8, 4) is 11.4 Å². The van der Waals surface area contributed by atoms with Crippen LogP contribution in [0.15, 0.2) is 64.3 Å². The molecule has 0 amide bonds. The highest BCUT2D eigenvalue weighted by molar-refractivity contribution is 5.37. The number of nitrogens with zero attached hydrogens (tertiary/aromatic N) is 1. The Bertz CT molecular complexity index is 1240. The van der Waals surface area contributed by atoms with E-state index in [0.29, 0.717) is 17.7 Å². The van der Waals surface area contributed by atoms with Gasteiger partial charge in [0.15, 0.2) is 0 Å². The highest BCUT2D eigenvalue weighted by atomic mass is 16.5. The lowest BCUT2D eigenvalue weighted by Gasteiger charge is -2.14. The molecule has 1 heterocycles. The first-order chi connectivity index (χ1) is 18.5. The standard InChI is InChI=1S/C29H39N3O6/c33-21-24-19-23(11-12-26(24)34)27(35)20-30-14-4-1-2-5-16-38-17-6-3-8-22-9-7-10-25(18-22)32-15-13-28(36)31-29(32)37/h7,9-13,15,18-19,27,30,33-35H,1-6,8,14,16-17,20-21H2,(H,31,36,37)/t27-/m1/s1. The highest BCUT2D eigenvalue weighted by Gasteiger charge is 2.10. The number of aryl methyl sites for hydroxylation is 1. The summed E-state index contributed by atoms with van der Waals surface area (Å²) in [6.45, 7) is 2.47. The number of hydrogen-bond acceptors (Lipinski definition) is 7. The molecule has 3 aromatic rings. The van der Waals surface area contributed by atoms with E-state index in [-0.39, 0.29) is 12.4 Å². The van der Waals surface area contributed by atoms with E-state index >= 15 is 0 Å². The molecule has 3 rings (SSSR count). The lowest BCUT2D eigenvalue weighted by Crippen LogP contribution is -2.27. The van der Waals surface area contributed by atoms with E-state index in [0.717, 1.165) is 76.0 Å².